The van der Waals surface area contributed by atoms with Gasteiger partial charge in [0.2, 0.25) is 5.76 Å². The van der Waals surface area contributed by atoms with Gasteiger partial charge in [-0.1, -0.05) is 18.2 Å². The van der Waals surface area contributed by atoms with Crippen LogP contribution in [0.4, 0.5) is 5.69 Å². The van der Waals surface area contributed by atoms with Gasteiger partial charge in [-0.05, 0) is 31.0 Å². The van der Waals surface area contributed by atoms with Gasteiger partial charge in [0, 0.05) is 17.8 Å². The largest absolute Gasteiger partial charge is 0.475 e. The molecule has 0 atom stereocenters. The van der Waals surface area contributed by atoms with Crippen molar-refractivity contribution in [3.63, 3.8) is 0 Å². The Bertz CT molecular complexity index is 552. The molecule has 2 N–H and O–H groups in total. The lowest BCUT2D eigenvalue weighted by atomic mass is 10.1. The molecule has 2 rings (SSSR count). The lowest BCUT2D eigenvalue weighted by Crippen LogP contribution is -2.06. The summed E-state index contributed by atoms with van der Waals surface area (Å²) >= 11 is 0. The monoisotopic (exact) mass is 245 g/mol. The van der Waals surface area contributed by atoms with Gasteiger partial charge in [-0.3, -0.25) is 0 Å². The van der Waals surface area contributed by atoms with Crippen LogP contribution in [0.5, 0.6) is 0 Å². The number of hydrogen-bond acceptors (Lipinski definition) is 3. The Balaban J connectivity index is 2.17. The lowest BCUT2D eigenvalue weighted by molar-refractivity contribution is 0.0661. The molecule has 0 fully saturated rings. The topological polar surface area (TPSA) is 62.5 Å². The SMILES string of the molecule is Cc1cccc(C)c1NCc1ccoc1C(=O)O. The number of carbonyl (C=O) groups is 1. The average molecular weight is 245 g/mol. The van der Waals surface area contributed by atoms with Crippen molar-refractivity contribution >= 4 is 11.7 Å². The van der Waals surface area contributed by atoms with Gasteiger partial charge in [-0.15, -0.1) is 0 Å². The molecule has 0 saturated carbocycles. The van der Waals surface area contributed by atoms with Gasteiger partial charge >= 0.3 is 5.97 Å². The normalized spacial score (nSPS) is 10.3. The van der Waals surface area contributed by atoms with Crippen LogP contribution in [0.25, 0.3) is 0 Å². The zero-order valence-corrected chi connectivity index (χ0v) is 10.4. The number of nitrogens with one attached hydrogen (secondary N) is 1. The minimum Gasteiger partial charge on any atom is -0.475 e. The minimum atomic E-state index is -1.04. The zero-order chi connectivity index (χ0) is 13.1. The van der Waals surface area contributed by atoms with E-state index in [0.29, 0.717) is 12.1 Å². The summed E-state index contributed by atoms with van der Waals surface area (Å²) in [6, 6.07) is 7.70. The minimum absolute atomic E-state index is 0.00580. The molecule has 4 nitrogen and oxygen atoms in total. The average Bonchev–Trinajstić information content (AvgIpc) is 2.76. The van der Waals surface area contributed by atoms with Gasteiger partial charge in [0.1, 0.15) is 0 Å². The Labute approximate surface area is 105 Å². The summed E-state index contributed by atoms with van der Waals surface area (Å²) in [7, 11) is 0. The number of benzene rings is 1. The third kappa shape index (κ3) is 2.37. The van der Waals surface area contributed by atoms with Crippen LogP contribution in [-0.2, 0) is 6.54 Å². The van der Waals surface area contributed by atoms with Gasteiger partial charge in [-0.2, -0.15) is 0 Å². The summed E-state index contributed by atoms with van der Waals surface area (Å²) in [5.41, 5.74) is 3.95. The third-order valence-corrected chi connectivity index (χ3v) is 2.88. The van der Waals surface area contributed by atoms with Crippen LogP contribution in [0.15, 0.2) is 34.9 Å². The molecule has 94 valence electrons. The first kappa shape index (κ1) is 12.2. The maximum absolute atomic E-state index is 10.9. The molecule has 1 aromatic heterocycles. The van der Waals surface area contributed by atoms with Gasteiger partial charge in [-0.25, -0.2) is 4.79 Å². The maximum Gasteiger partial charge on any atom is 0.372 e. The highest BCUT2D eigenvalue weighted by Crippen LogP contribution is 2.21. The number of furan rings is 1. The predicted molar refractivity (Wildman–Crippen MR) is 68.9 cm³/mol. The van der Waals surface area contributed by atoms with Gasteiger partial charge in [0.25, 0.3) is 0 Å². The summed E-state index contributed by atoms with van der Waals surface area (Å²) < 4.78 is 4.94. The van der Waals surface area contributed by atoms with Gasteiger partial charge in [0.05, 0.1) is 6.26 Å². The number of carboxylic acid groups (broad SMARTS) is 1. The van der Waals surface area contributed by atoms with Crippen molar-refractivity contribution in [1.29, 1.82) is 0 Å². The molecule has 0 bridgehead atoms. The van der Waals surface area contributed by atoms with Crippen LogP contribution >= 0.6 is 0 Å². The van der Waals surface area contributed by atoms with Crippen molar-refractivity contribution < 1.29 is 14.3 Å². The fourth-order valence-corrected chi connectivity index (χ4v) is 1.94. The number of aromatic carboxylic acids is 1. The Hall–Kier alpha value is -2.23. The van der Waals surface area contributed by atoms with E-state index in [1.165, 1.54) is 6.26 Å². The number of hydrogen-bond donors (Lipinski definition) is 2. The van der Waals surface area contributed by atoms with Crippen molar-refractivity contribution in [3.05, 3.63) is 53.0 Å². The smallest absolute Gasteiger partial charge is 0.372 e. The highest BCUT2D eigenvalue weighted by Gasteiger charge is 2.13. The summed E-state index contributed by atoms with van der Waals surface area (Å²) in [6.45, 7) is 4.47. The summed E-state index contributed by atoms with van der Waals surface area (Å²) in [5.74, 6) is -1.05. The molecule has 2 aromatic rings. The van der Waals surface area contributed by atoms with Crippen LogP contribution in [0, 0.1) is 13.8 Å². The molecular formula is C14H15NO3. The lowest BCUT2D eigenvalue weighted by Gasteiger charge is -2.11. The molecule has 1 heterocycles. The second-order valence-electron chi connectivity index (χ2n) is 4.20. The van der Waals surface area contributed by atoms with E-state index in [4.69, 9.17) is 9.52 Å². The van der Waals surface area contributed by atoms with Crippen molar-refractivity contribution in [2.45, 2.75) is 20.4 Å². The first-order chi connectivity index (χ1) is 8.59. The Morgan fingerprint density at radius 2 is 1.94 bits per heavy atom. The van der Waals surface area contributed by atoms with E-state index < -0.39 is 5.97 Å². The maximum atomic E-state index is 10.9. The summed E-state index contributed by atoms with van der Waals surface area (Å²) in [6.07, 6.45) is 1.39. The second kappa shape index (κ2) is 4.96. The van der Waals surface area contributed by atoms with Crippen molar-refractivity contribution in [2.75, 3.05) is 5.32 Å². The fraction of sp³-hybridized carbons (Fsp3) is 0.214. The van der Waals surface area contributed by atoms with Crippen LogP contribution in [0.2, 0.25) is 0 Å². The molecule has 0 unspecified atom stereocenters. The molecule has 1 aromatic carbocycles. The molecule has 4 heteroatoms. The molecule has 0 aliphatic rings. The van der Waals surface area contributed by atoms with Gasteiger partial charge < -0.3 is 14.8 Å². The Kier molecular flexibility index (Phi) is 3.37. The zero-order valence-electron chi connectivity index (χ0n) is 10.4. The van der Waals surface area contributed by atoms with E-state index in [0.717, 1.165) is 16.8 Å². The second-order valence-corrected chi connectivity index (χ2v) is 4.20. The van der Waals surface area contributed by atoms with E-state index in [-0.39, 0.29) is 5.76 Å². The fourth-order valence-electron chi connectivity index (χ4n) is 1.94. The molecule has 0 aliphatic carbocycles. The van der Waals surface area contributed by atoms with E-state index >= 15 is 0 Å². The molecule has 0 saturated heterocycles. The number of carboxylic acids is 1. The molecule has 0 amide bonds. The van der Waals surface area contributed by atoms with Crippen molar-refractivity contribution in [3.8, 4) is 0 Å². The number of para-hydroxylation sites is 1. The quantitative estimate of drug-likeness (QED) is 0.868. The summed E-state index contributed by atoms with van der Waals surface area (Å²) in [5, 5.41) is 12.2. The summed E-state index contributed by atoms with van der Waals surface area (Å²) in [4.78, 5) is 10.9. The number of aryl methyl sites for hydroxylation is 2. The molecule has 18 heavy (non-hydrogen) atoms. The Morgan fingerprint density at radius 3 is 2.56 bits per heavy atom. The predicted octanol–water partition coefficient (Wildman–Crippen LogP) is 3.21. The number of anilines is 1. The molecule has 0 spiro atoms. The highest BCUT2D eigenvalue weighted by atomic mass is 16.4. The van der Waals surface area contributed by atoms with E-state index in [1.54, 1.807) is 6.07 Å². The molecule has 0 radical (unpaired) electrons. The molecule has 0 aliphatic heterocycles. The standard InChI is InChI=1S/C14H15NO3/c1-9-4-3-5-10(2)12(9)15-8-11-6-7-18-13(11)14(16)17/h3-7,15H,8H2,1-2H3,(H,16,17). The first-order valence-corrected chi connectivity index (χ1v) is 5.69. The van der Waals surface area contributed by atoms with Gasteiger partial charge in [0.15, 0.2) is 0 Å². The van der Waals surface area contributed by atoms with Crippen LogP contribution in [-0.4, -0.2) is 11.1 Å². The highest BCUT2D eigenvalue weighted by molar-refractivity contribution is 5.86. The van der Waals surface area contributed by atoms with Crippen molar-refractivity contribution in [1.82, 2.24) is 0 Å². The third-order valence-electron chi connectivity index (χ3n) is 2.88. The van der Waals surface area contributed by atoms with Crippen LogP contribution in [0.3, 0.4) is 0 Å². The number of rotatable bonds is 4. The van der Waals surface area contributed by atoms with E-state index in [1.807, 2.05) is 32.0 Å². The van der Waals surface area contributed by atoms with E-state index in [2.05, 4.69) is 5.32 Å². The Morgan fingerprint density at radius 1 is 1.28 bits per heavy atom. The molecular weight excluding hydrogens is 230 g/mol. The first-order valence-electron chi connectivity index (χ1n) is 5.69. The van der Waals surface area contributed by atoms with Crippen LogP contribution in [0.1, 0.15) is 27.2 Å². The van der Waals surface area contributed by atoms with Crippen LogP contribution < -0.4 is 5.32 Å². The van der Waals surface area contributed by atoms with E-state index in [9.17, 15) is 4.79 Å². The van der Waals surface area contributed by atoms with Crippen molar-refractivity contribution in [2.24, 2.45) is 0 Å².